The fourth-order valence-electron chi connectivity index (χ4n) is 11.2. The number of aryl methyl sites for hydroxylation is 7. The number of phenolic OH excluding ortho intramolecular Hbond substituents is 2. The van der Waals surface area contributed by atoms with Crippen molar-refractivity contribution in [2.75, 3.05) is 13.1 Å². The van der Waals surface area contributed by atoms with Gasteiger partial charge in [-0.15, -0.1) is 0 Å². The van der Waals surface area contributed by atoms with Crippen molar-refractivity contribution in [2.45, 2.75) is 189 Å². The molecule has 19 nitrogen and oxygen atoms in total. The van der Waals surface area contributed by atoms with Crippen LogP contribution in [-0.4, -0.2) is 114 Å². The monoisotopic (exact) mass is 1150 g/mol. The molecule has 2 aliphatic rings. The number of phenols is 2. The molecular weight excluding hydrogens is 1070 g/mol. The lowest BCUT2D eigenvalue weighted by atomic mass is 9.91. The third-order valence-electron chi connectivity index (χ3n) is 15.4. The van der Waals surface area contributed by atoms with Gasteiger partial charge in [0.15, 0.2) is 0 Å². The van der Waals surface area contributed by atoms with E-state index < -0.39 is 59.4 Å². The molecule has 0 radical (unpaired) electrons. The minimum atomic E-state index is -1.09. The molecule has 5 aromatic rings. The van der Waals surface area contributed by atoms with Crippen LogP contribution < -0.4 is 26.8 Å². The van der Waals surface area contributed by atoms with Crippen LogP contribution in [0.5, 0.6) is 11.5 Å². The molecule has 0 aliphatic carbocycles. The second-order valence-electron chi connectivity index (χ2n) is 24.4. The topological polar surface area (TPSA) is 262 Å². The van der Waals surface area contributed by atoms with E-state index in [1.807, 2.05) is 83.1 Å². The minimum Gasteiger partial charge on any atom is -0.508 e. The molecule has 0 bridgehead atoms. The number of ether oxygens (including phenoxy) is 2. The first kappa shape index (κ1) is 63.4. The van der Waals surface area contributed by atoms with Gasteiger partial charge in [-0.2, -0.15) is 0 Å². The number of aromatic nitrogens is 2. The van der Waals surface area contributed by atoms with Gasteiger partial charge in [0.2, 0.25) is 23.6 Å². The number of fused-ring (bicyclic) bond motifs is 2. The van der Waals surface area contributed by atoms with Crippen LogP contribution in [0.15, 0.2) is 77.6 Å². The number of hydrogen-bond acceptors (Lipinski definition) is 12. The first-order valence-corrected chi connectivity index (χ1v) is 29.1. The van der Waals surface area contributed by atoms with E-state index in [-0.39, 0.29) is 74.2 Å². The average Bonchev–Trinajstić information content (AvgIpc) is 2.72. The molecule has 7 rings (SSSR count). The number of hydrogen-bond donors (Lipinski definition) is 7. The largest absolute Gasteiger partial charge is 0.508 e. The predicted octanol–water partition coefficient (Wildman–Crippen LogP) is 7.78. The standard InChI is InChI=1S/C65H84N8O11/c1-38-28-47(74)29-39(2)49(38)34-53(70-62(81)83-64(6,7)8)60(79)72-36-45-22-14-12-20-43(45)32-55(72)58(77)66-26-18-16-24-51-42(5)68-52(57(76)69-51)25-17-19-27-67-59(78)56-33-44-21-13-15-23-46(44)37-73(56)61(80)54(71-63(82)84-65(9,10)11)35-50-40(3)30-48(75)31-41(50)4/h12-15,20-23,28-31,53-56,74-75H,16-19,24-27,32-37H2,1-11H3,(H,66,77)(H,67,78)(H,69,76)(H,70,81)(H,71,82)/t53-,54-,55-,56-/m0/s1. The van der Waals surface area contributed by atoms with E-state index in [1.54, 1.807) is 65.8 Å². The van der Waals surface area contributed by atoms with Crippen molar-refractivity contribution in [2.24, 2.45) is 0 Å². The summed E-state index contributed by atoms with van der Waals surface area (Å²) in [6.07, 6.45) is 2.35. The molecule has 2 aliphatic heterocycles. The summed E-state index contributed by atoms with van der Waals surface area (Å²) in [6.45, 7) is 20.5. The van der Waals surface area contributed by atoms with Gasteiger partial charge in [0.05, 0.1) is 5.69 Å². The third kappa shape index (κ3) is 17.0. The lowest BCUT2D eigenvalue weighted by Crippen LogP contribution is -2.58. The molecule has 0 fully saturated rings. The smallest absolute Gasteiger partial charge is 0.408 e. The zero-order chi connectivity index (χ0) is 61.2. The Morgan fingerprint density at radius 1 is 0.595 bits per heavy atom. The van der Waals surface area contributed by atoms with Crippen LogP contribution in [0.25, 0.3) is 0 Å². The summed E-state index contributed by atoms with van der Waals surface area (Å²) in [4.78, 5) is 108. The number of carbonyl (C=O) groups excluding carboxylic acids is 6. The fourth-order valence-corrected chi connectivity index (χ4v) is 11.2. The number of carbonyl (C=O) groups is 6. The number of nitrogens with one attached hydrogen (secondary N) is 5. The van der Waals surface area contributed by atoms with Crippen LogP contribution >= 0.6 is 0 Å². The zero-order valence-corrected chi connectivity index (χ0v) is 50.5. The predicted molar refractivity (Wildman–Crippen MR) is 319 cm³/mol. The van der Waals surface area contributed by atoms with Gasteiger partial charge in [-0.3, -0.25) is 29.0 Å². The van der Waals surface area contributed by atoms with Crippen molar-refractivity contribution in [1.82, 2.24) is 41.0 Å². The summed E-state index contributed by atoms with van der Waals surface area (Å²) < 4.78 is 11.2. The van der Waals surface area contributed by atoms with Gasteiger partial charge in [0.1, 0.15) is 52.6 Å². The van der Waals surface area contributed by atoms with E-state index >= 15 is 0 Å². The zero-order valence-electron chi connectivity index (χ0n) is 50.5. The van der Waals surface area contributed by atoms with E-state index in [0.29, 0.717) is 62.2 Å². The normalized spacial score (nSPS) is 15.7. The maximum atomic E-state index is 14.7. The van der Waals surface area contributed by atoms with Crippen LogP contribution in [0.1, 0.15) is 140 Å². The first-order valence-electron chi connectivity index (χ1n) is 29.1. The SMILES string of the molecule is Cc1cc(O)cc(C)c1C[C@H](NC(=O)OC(C)(C)C)C(=O)N1Cc2ccccc2C[C@H]1C(=O)NCCCCc1[nH]c(=O)c(CCCCNC(=O)[C@@H]2Cc3ccccc3CN2C(=O)[C@H](Cc2c(C)cc(O)cc2C)NC(=O)OC(C)(C)C)nc1C. The highest BCUT2D eigenvalue weighted by atomic mass is 16.6. The van der Waals surface area contributed by atoms with Crippen LogP contribution in [-0.2, 0) is 80.3 Å². The molecule has 0 saturated heterocycles. The first-order chi connectivity index (χ1) is 39.6. The van der Waals surface area contributed by atoms with Gasteiger partial charge in [0, 0.05) is 57.6 Å². The molecule has 450 valence electrons. The Bertz CT molecular complexity index is 3260. The molecular formula is C65H84N8O11. The van der Waals surface area contributed by atoms with Gasteiger partial charge in [-0.05, 0) is 195 Å². The number of alkyl carbamates (subject to hydrolysis) is 2. The Morgan fingerprint density at radius 2 is 0.976 bits per heavy atom. The Kier molecular flexibility index (Phi) is 20.7. The minimum absolute atomic E-state index is 0.0917. The van der Waals surface area contributed by atoms with Crippen LogP contribution in [0.3, 0.4) is 0 Å². The molecule has 0 saturated carbocycles. The number of H-pyrrole nitrogens is 1. The molecule has 7 N–H and O–H groups in total. The Hall–Kier alpha value is -8.22. The van der Waals surface area contributed by atoms with Gasteiger partial charge < -0.3 is 55.7 Å². The second kappa shape index (κ2) is 27.4. The van der Waals surface area contributed by atoms with Crippen molar-refractivity contribution in [1.29, 1.82) is 0 Å². The molecule has 4 aromatic carbocycles. The van der Waals surface area contributed by atoms with Crippen molar-refractivity contribution in [3.63, 3.8) is 0 Å². The quantitative estimate of drug-likeness (QED) is 0.0369. The van der Waals surface area contributed by atoms with Crippen molar-refractivity contribution in [3.8, 4) is 11.5 Å². The van der Waals surface area contributed by atoms with Crippen molar-refractivity contribution < 1.29 is 48.5 Å². The van der Waals surface area contributed by atoms with E-state index in [2.05, 4.69) is 31.2 Å². The van der Waals surface area contributed by atoms with Gasteiger partial charge in [-0.25, -0.2) is 9.59 Å². The lowest BCUT2D eigenvalue weighted by Gasteiger charge is -2.38. The summed E-state index contributed by atoms with van der Waals surface area (Å²) in [5.41, 5.74) is 8.05. The summed E-state index contributed by atoms with van der Waals surface area (Å²) in [5.74, 6) is -1.38. The van der Waals surface area contributed by atoms with E-state index in [0.717, 1.165) is 55.6 Å². The lowest BCUT2D eigenvalue weighted by molar-refractivity contribution is -0.143. The Labute approximate surface area is 492 Å². The number of aromatic hydroxyl groups is 2. The highest BCUT2D eigenvalue weighted by molar-refractivity contribution is 5.93. The van der Waals surface area contributed by atoms with E-state index in [4.69, 9.17) is 9.47 Å². The summed E-state index contributed by atoms with van der Waals surface area (Å²) in [7, 11) is 0. The van der Waals surface area contributed by atoms with Crippen LogP contribution in [0, 0.1) is 34.6 Å². The number of aromatic amines is 1. The van der Waals surface area contributed by atoms with Gasteiger partial charge in [0.25, 0.3) is 5.56 Å². The summed E-state index contributed by atoms with van der Waals surface area (Å²) in [5, 5.41) is 32.2. The Morgan fingerprint density at radius 3 is 1.37 bits per heavy atom. The molecule has 19 heteroatoms. The fraction of sp³-hybridized carbons (Fsp3) is 0.477. The molecule has 4 atom stereocenters. The number of rotatable bonds is 20. The molecule has 6 amide bonds. The third-order valence-corrected chi connectivity index (χ3v) is 15.4. The summed E-state index contributed by atoms with van der Waals surface area (Å²) in [6, 6.07) is 17.8. The maximum Gasteiger partial charge on any atom is 0.408 e. The number of nitrogens with zero attached hydrogens (tertiary/aromatic N) is 3. The van der Waals surface area contributed by atoms with Crippen LogP contribution in [0.2, 0.25) is 0 Å². The van der Waals surface area contributed by atoms with Crippen molar-refractivity contribution in [3.05, 3.63) is 156 Å². The van der Waals surface area contributed by atoms with Crippen LogP contribution in [0.4, 0.5) is 9.59 Å². The molecule has 3 heterocycles. The van der Waals surface area contributed by atoms with E-state index in [1.165, 1.54) is 9.80 Å². The van der Waals surface area contributed by atoms with Gasteiger partial charge in [-0.1, -0.05) is 48.5 Å². The highest BCUT2D eigenvalue weighted by Gasteiger charge is 2.41. The molecule has 0 spiro atoms. The van der Waals surface area contributed by atoms with Gasteiger partial charge >= 0.3 is 12.2 Å². The highest BCUT2D eigenvalue weighted by Crippen LogP contribution is 2.30. The van der Waals surface area contributed by atoms with E-state index in [9.17, 15) is 43.8 Å². The Balaban J connectivity index is 0.930. The van der Waals surface area contributed by atoms with Crippen molar-refractivity contribution >= 4 is 35.8 Å². The number of amides is 6. The average molecular weight is 1150 g/mol. The second-order valence-corrected chi connectivity index (χ2v) is 24.4. The molecule has 84 heavy (non-hydrogen) atoms. The number of benzene rings is 4. The molecule has 0 unspecified atom stereocenters. The maximum absolute atomic E-state index is 14.7. The summed E-state index contributed by atoms with van der Waals surface area (Å²) >= 11 is 0. The number of unbranched alkanes of at least 4 members (excludes halogenated alkanes) is 2. The molecule has 1 aromatic heterocycles.